The number of piperidine rings is 1. The van der Waals surface area contributed by atoms with Gasteiger partial charge < -0.3 is 10.2 Å². The lowest BCUT2D eigenvalue weighted by molar-refractivity contribution is 0.308. The average molecular weight is 291 g/mol. The van der Waals surface area contributed by atoms with Crippen molar-refractivity contribution in [2.45, 2.75) is 33.1 Å². The van der Waals surface area contributed by atoms with E-state index < -0.39 is 10.0 Å². The summed E-state index contributed by atoms with van der Waals surface area (Å²) in [6.07, 6.45) is 3.01. The molecule has 0 aromatic rings. The summed E-state index contributed by atoms with van der Waals surface area (Å²) in [5.74, 6) is 0.844. The van der Waals surface area contributed by atoms with Crippen LogP contribution in [0, 0.1) is 5.92 Å². The summed E-state index contributed by atoms with van der Waals surface area (Å²) in [5, 5.41) is 3.30. The van der Waals surface area contributed by atoms with Gasteiger partial charge in [0.25, 0.3) is 0 Å². The quantitative estimate of drug-likeness (QED) is 0.654. The van der Waals surface area contributed by atoms with Gasteiger partial charge in [-0.25, -0.2) is 13.1 Å². The van der Waals surface area contributed by atoms with E-state index in [0.29, 0.717) is 12.5 Å². The molecule has 2 N–H and O–H groups in total. The molecule has 1 aliphatic heterocycles. The molecule has 0 radical (unpaired) electrons. The van der Waals surface area contributed by atoms with Gasteiger partial charge in [0, 0.05) is 13.1 Å². The van der Waals surface area contributed by atoms with Crippen LogP contribution in [-0.4, -0.2) is 58.3 Å². The van der Waals surface area contributed by atoms with Crippen molar-refractivity contribution in [3.63, 3.8) is 0 Å². The Labute approximate surface area is 118 Å². The zero-order valence-corrected chi connectivity index (χ0v) is 13.1. The van der Waals surface area contributed by atoms with Crippen molar-refractivity contribution in [1.82, 2.24) is 14.9 Å². The fourth-order valence-corrected chi connectivity index (χ4v) is 3.65. The topological polar surface area (TPSA) is 61.4 Å². The van der Waals surface area contributed by atoms with Gasteiger partial charge in [0.2, 0.25) is 10.0 Å². The van der Waals surface area contributed by atoms with E-state index in [9.17, 15) is 8.42 Å². The Balaban J connectivity index is 2.19. The van der Waals surface area contributed by atoms with Crippen LogP contribution in [-0.2, 0) is 10.0 Å². The number of likely N-dealkylation sites (N-methyl/N-ethyl adjacent to an activating group) is 1. The normalized spacial score (nSPS) is 18.1. The van der Waals surface area contributed by atoms with Crippen LogP contribution in [0.1, 0.15) is 33.1 Å². The zero-order chi connectivity index (χ0) is 14.1. The Morgan fingerprint density at radius 1 is 1.21 bits per heavy atom. The Bertz CT molecular complexity index is 323. The third-order valence-electron chi connectivity index (χ3n) is 3.90. The van der Waals surface area contributed by atoms with Crippen LogP contribution < -0.4 is 10.0 Å². The van der Waals surface area contributed by atoms with E-state index in [1.807, 2.05) is 0 Å². The van der Waals surface area contributed by atoms with Gasteiger partial charge in [-0.2, -0.15) is 0 Å². The molecule has 0 bridgehead atoms. The van der Waals surface area contributed by atoms with Crippen molar-refractivity contribution in [1.29, 1.82) is 0 Å². The monoisotopic (exact) mass is 291 g/mol. The summed E-state index contributed by atoms with van der Waals surface area (Å²) in [6.45, 7) is 9.49. The summed E-state index contributed by atoms with van der Waals surface area (Å²) >= 11 is 0. The molecule has 0 atom stereocenters. The molecule has 0 spiro atoms. The van der Waals surface area contributed by atoms with Gasteiger partial charge in [-0.3, -0.25) is 0 Å². The smallest absolute Gasteiger partial charge is 0.211 e. The third kappa shape index (κ3) is 7.25. The van der Waals surface area contributed by atoms with Crippen LogP contribution >= 0.6 is 0 Å². The molecule has 1 saturated heterocycles. The third-order valence-corrected chi connectivity index (χ3v) is 5.32. The molecule has 19 heavy (non-hydrogen) atoms. The van der Waals surface area contributed by atoms with Crippen LogP contribution in [0.5, 0.6) is 0 Å². The molecule has 1 fully saturated rings. The van der Waals surface area contributed by atoms with Crippen LogP contribution in [0.2, 0.25) is 0 Å². The lowest BCUT2D eigenvalue weighted by Crippen LogP contribution is -2.36. The van der Waals surface area contributed by atoms with E-state index in [1.165, 1.54) is 0 Å². The highest BCUT2D eigenvalue weighted by Crippen LogP contribution is 2.16. The maximum atomic E-state index is 11.9. The molecule has 5 nitrogen and oxygen atoms in total. The van der Waals surface area contributed by atoms with Crippen molar-refractivity contribution in [2.24, 2.45) is 5.92 Å². The molecule has 0 amide bonds. The highest BCUT2D eigenvalue weighted by Gasteiger charge is 2.17. The number of sulfonamides is 1. The molecule has 0 unspecified atom stereocenters. The van der Waals surface area contributed by atoms with E-state index in [4.69, 9.17) is 0 Å². The second-order valence-corrected chi connectivity index (χ2v) is 7.15. The fourth-order valence-electron chi connectivity index (χ4n) is 2.46. The van der Waals surface area contributed by atoms with E-state index in [-0.39, 0.29) is 5.75 Å². The second-order valence-electron chi connectivity index (χ2n) is 5.22. The molecule has 6 heteroatoms. The number of rotatable bonds is 9. The van der Waals surface area contributed by atoms with E-state index in [2.05, 4.69) is 28.8 Å². The lowest BCUT2D eigenvalue weighted by Gasteiger charge is -2.22. The van der Waals surface area contributed by atoms with Crippen LogP contribution in [0.15, 0.2) is 0 Å². The largest absolute Gasteiger partial charge is 0.317 e. The van der Waals surface area contributed by atoms with Gasteiger partial charge in [-0.05, 0) is 51.4 Å². The van der Waals surface area contributed by atoms with Crippen LogP contribution in [0.3, 0.4) is 0 Å². The number of hydrogen-bond donors (Lipinski definition) is 2. The summed E-state index contributed by atoms with van der Waals surface area (Å²) in [4.78, 5) is 2.22. The molecule has 1 heterocycles. The predicted octanol–water partition coefficient (Wildman–Crippen LogP) is 0.637. The first-order valence-corrected chi connectivity index (χ1v) is 9.13. The minimum absolute atomic E-state index is 0.274. The standard InChI is InChI=1S/C13H29N3O2S/c1-3-16(4-2)11-10-15-19(17,18)12-7-13-5-8-14-9-6-13/h13-15H,3-12H2,1-2H3. The van der Waals surface area contributed by atoms with Crippen molar-refractivity contribution >= 4 is 10.0 Å². The minimum Gasteiger partial charge on any atom is -0.317 e. The molecule has 1 rings (SSSR count). The lowest BCUT2D eigenvalue weighted by atomic mass is 9.96. The number of hydrogen-bond acceptors (Lipinski definition) is 4. The molecule has 1 aliphatic rings. The van der Waals surface area contributed by atoms with E-state index in [0.717, 1.165) is 52.0 Å². The minimum atomic E-state index is -3.09. The van der Waals surface area contributed by atoms with Crippen molar-refractivity contribution < 1.29 is 8.42 Å². The van der Waals surface area contributed by atoms with Gasteiger partial charge in [-0.15, -0.1) is 0 Å². The Morgan fingerprint density at radius 2 is 1.84 bits per heavy atom. The summed E-state index contributed by atoms with van der Waals surface area (Å²) in [6, 6.07) is 0. The van der Waals surface area contributed by atoms with Gasteiger partial charge >= 0.3 is 0 Å². The van der Waals surface area contributed by atoms with Crippen molar-refractivity contribution in [3.05, 3.63) is 0 Å². The maximum Gasteiger partial charge on any atom is 0.211 e. The fraction of sp³-hybridized carbons (Fsp3) is 1.00. The molecule has 0 aliphatic carbocycles. The molecule has 0 aromatic carbocycles. The Kier molecular flexibility index (Phi) is 7.90. The van der Waals surface area contributed by atoms with Gasteiger partial charge in [-0.1, -0.05) is 13.8 Å². The van der Waals surface area contributed by atoms with E-state index in [1.54, 1.807) is 0 Å². The highest BCUT2D eigenvalue weighted by atomic mass is 32.2. The number of nitrogens with one attached hydrogen (secondary N) is 2. The van der Waals surface area contributed by atoms with Gasteiger partial charge in [0.05, 0.1) is 5.75 Å². The summed E-state index contributed by atoms with van der Waals surface area (Å²) < 4.78 is 26.5. The first-order valence-electron chi connectivity index (χ1n) is 7.47. The Hall–Kier alpha value is -0.170. The Morgan fingerprint density at radius 3 is 2.42 bits per heavy atom. The molecule has 114 valence electrons. The molecular formula is C13H29N3O2S. The first kappa shape index (κ1) is 16.9. The van der Waals surface area contributed by atoms with Gasteiger partial charge in [0.1, 0.15) is 0 Å². The SMILES string of the molecule is CCN(CC)CCNS(=O)(=O)CCC1CCNCC1. The summed E-state index contributed by atoms with van der Waals surface area (Å²) in [7, 11) is -3.09. The first-order chi connectivity index (χ1) is 9.07. The average Bonchev–Trinajstić information content (AvgIpc) is 2.43. The van der Waals surface area contributed by atoms with Crippen LogP contribution in [0.4, 0.5) is 0 Å². The zero-order valence-electron chi connectivity index (χ0n) is 12.3. The highest BCUT2D eigenvalue weighted by molar-refractivity contribution is 7.89. The molecular weight excluding hydrogens is 262 g/mol. The maximum absolute atomic E-state index is 11.9. The molecule has 0 aromatic heterocycles. The van der Waals surface area contributed by atoms with Gasteiger partial charge in [0.15, 0.2) is 0 Å². The van der Waals surface area contributed by atoms with Crippen molar-refractivity contribution in [3.8, 4) is 0 Å². The molecule has 0 saturated carbocycles. The van der Waals surface area contributed by atoms with E-state index >= 15 is 0 Å². The number of nitrogens with zero attached hydrogens (tertiary/aromatic N) is 1. The predicted molar refractivity (Wildman–Crippen MR) is 79.8 cm³/mol. The second kappa shape index (κ2) is 8.89. The van der Waals surface area contributed by atoms with Crippen molar-refractivity contribution in [2.75, 3.05) is 45.0 Å². The van der Waals surface area contributed by atoms with Crippen LogP contribution in [0.25, 0.3) is 0 Å². The summed E-state index contributed by atoms with van der Waals surface area (Å²) in [5.41, 5.74) is 0.